The average Bonchev–Trinajstić information content (AvgIpc) is 2.45. The summed E-state index contributed by atoms with van der Waals surface area (Å²) >= 11 is 0. The molecule has 1 N–H and O–H groups in total. The van der Waals surface area contributed by atoms with Crippen molar-refractivity contribution in [3.05, 3.63) is 29.6 Å². The molecule has 0 fully saturated rings. The molecule has 0 spiro atoms. The largest absolute Gasteiger partial charge is 0.314 e. The van der Waals surface area contributed by atoms with Crippen LogP contribution in [0.15, 0.2) is 18.3 Å². The first-order chi connectivity index (χ1) is 9.77. The Morgan fingerprint density at radius 3 is 2.55 bits per heavy atom. The van der Waals surface area contributed by atoms with E-state index in [1.165, 1.54) is 56.2 Å². The molecule has 0 aliphatic carbocycles. The number of hydrogen-bond donors (Lipinski definition) is 1. The third-order valence-electron chi connectivity index (χ3n) is 3.96. The summed E-state index contributed by atoms with van der Waals surface area (Å²) in [5, 5.41) is 3.62. The van der Waals surface area contributed by atoms with Gasteiger partial charge in [0.25, 0.3) is 0 Å². The predicted molar refractivity (Wildman–Crippen MR) is 88.1 cm³/mol. The van der Waals surface area contributed by atoms with E-state index in [0.29, 0.717) is 6.04 Å². The number of hydrogen-bond acceptors (Lipinski definition) is 2. The van der Waals surface area contributed by atoms with Crippen LogP contribution >= 0.6 is 0 Å². The Hall–Kier alpha value is -0.890. The van der Waals surface area contributed by atoms with Crippen LogP contribution in [0.4, 0.5) is 0 Å². The number of aromatic nitrogens is 1. The van der Waals surface area contributed by atoms with Crippen LogP contribution in [0.5, 0.6) is 0 Å². The summed E-state index contributed by atoms with van der Waals surface area (Å²) in [7, 11) is 0. The number of unbranched alkanes of at least 4 members (excludes halogenated alkanes) is 5. The van der Waals surface area contributed by atoms with Crippen molar-refractivity contribution in [1.82, 2.24) is 10.3 Å². The van der Waals surface area contributed by atoms with E-state index in [4.69, 9.17) is 0 Å². The van der Waals surface area contributed by atoms with Crippen LogP contribution in [-0.2, 0) is 6.42 Å². The van der Waals surface area contributed by atoms with Gasteiger partial charge in [0.15, 0.2) is 0 Å². The first-order valence-corrected chi connectivity index (χ1v) is 8.41. The van der Waals surface area contributed by atoms with Crippen molar-refractivity contribution < 1.29 is 0 Å². The second-order valence-electron chi connectivity index (χ2n) is 5.78. The van der Waals surface area contributed by atoms with Gasteiger partial charge in [-0.1, -0.05) is 58.4 Å². The van der Waals surface area contributed by atoms with E-state index in [1.807, 2.05) is 12.3 Å². The van der Waals surface area contributed by atoms with Crippen molar-refractivity contribution in [2.24, 2.45) is 0 Å². The van der Waals surface area contributed by atoms with Crippen LogP contribution in [0.2, 0.25) is 0 Å². The monoisotopic (exact) mass is 276 g/mol. The molecule has 0 bridgehead atoms. The third kappa shape index (κ3) is 7.04. The number of nitrogens with one attached hydrogen (secondary N) is 1. The molecule has 114 valence electrons. The van der Waals surface area contributed by atoms with E-state index >= 15 is 0 Å². The van der Waals surface area contributed by atoms with Gasteiger partial charge in [0.05, 0.1) is 0 Å². The summed E-state index contributed by atoms with van der Waals surface area (Å²) < 4.78 is 0. The van der Waals surface area contributed by atoms with Crippen LogP contribution < -0.4 is 5.32 Å². The van der Waals surface area contributed by atoms with Crippen molar-refractivity contribution >= 4 is 0 Å². The van der Waals surface area contributed by atoms with Gasteiger partial charge in [-0.25, -0.2) is 0 Å². The molecule has 1 unspecified atom stereocenters. The second kappa shape index (κ2) is 10.8. The first kappa shape index (κ1) is 17.2. The van der Waals surface area contributed by atoms with Gasteiger partial charge < -0.3 is 5.32 Å². The predicted octanol–water partition coefficient (Wildman–Crippen LogP) is 4.66. The minimum atomic E-state index is 0.583. The highest BCUT2D eigenvalue weighted by atomic mass is 14.9. The maximum Gasteiger partial charge on any atom is 0.0448 e. The molecular formula is C18H32N2. The maximum absolute atomic E-state index is 4.53. The molecule has 1 atom stereocenters. The minimum Gasteiger partial charge on any atom is -0.314 e. The summed E-state index contributed by atoms with van der Waals surface area (Å²) in [6.45, 7) is 7.68. The first-order valence-electron chi connectivity index (χ1n) is 8.41. The Morgan fingerprint density at radius 1 is 1.10 bits per heavy atom. The molecule has 0 aliphatic heterocycles. The normalized spacial score (nSPS) is 12.6. The van der Waals surface area contributed by atoms with Crippen LogP contribution in [0.1, 0.15) is 70.1 Å². The SMILES string of the molecule is CCCCCCCCC(Cc1ncccc1C)NCC. The Morgan fingerprint density at radius 2 is 1.85 bits per heavy atom. The van der Waals surface area contributed by atoms with Gasteiger partial charge in [-0.2, -0.15) is 0 Å². The van der Waals surface area contributed by atoms with Gasteiger partial charge in [0.2, 0.25) is 0 Å². The van der Waals surface area contributed by atoms with Crippen LogP contribution in [-0.4, -0.2) is 17.6 Å². The van der Waals surface area contributed by atoms with Crippen LogP contribution in [0.25, 0.3) is 0 Å². The van der Waals surface area contributed by atoms with E-state index in [2.05, 4.69) is 37.1 Å². The molecule has 20 heavy (non-hydrogen) atoms. The number of rotatable bonds is 11. The lowest BCUT2D eigenvalue weighted by atomic mass is 10.0. The van der Waals surface area contributed by atoms with Crippen molar-refractivity contribution in [2.45, 2.75) is 78.2 Å². The van der Waals surface area contributed by atoms with Gasteiger partial charge >= 0.3 is 0 Å². The second-order valence-corrected chi connectivity index (χ2v) is 5.78. The molecule has 2 heteroatoms. The number of pyridine rings is 1. The molecule has 0 aliphatic rings. The highest BCUT2D eigenvalue weighted by molar-refractivity contribution is 5.18. The van der Waals surface area contributed by atoms with E-state index in [9.17, 15) is 0 Å². The molecule has 2 nitrogen and oxygen atoms in total. The maximum atomic E-state index is 4.53. The lowest BCUT2D eigenvalue weighted by Crippen LogP contribution is -2.31. The minimum absolute atomic E-state index is 0.583. The van der Waals surface area contributed by atoms with Crippen molar-refractivity contribution in [3.8, 4) is 0 Å². The fourth-order valence-corrected chi connectivity index (χ4v) is 2.70. The van der Waals surface area contributed by atoms with E-state index < -0.39 is 0 Å². The highest BCUT2D eigenvalue weighted by Crippen LogP contribution is 2.13. The Kier molecular flexibility index (Phi) is 9.31. The lowest BCUT2D eigenvalue weighted by Gasteiger charge is -2.18. The Bertz CT molecular complexity index is 349. The molecule has 0 radical (unpaired) electrons. The van der Waals surface area contributed by atoms with Crippen molar-refractivity contribution in [1.29, 1.82) is 0 Å². The average molecular weight is 276 g/mol. The zero-order valence-electron chi connectivity index (χ0n) is 13.6. The Balaban J connectivity index is 2.31. The number of nitrogens with zero attached hydrogens (tertiary/aromatic N) is 1. The van der Waals surface area contributed by atoms with Gasteiger partial charge in [0.1, 0.15) is 0 Å². The fourth-order valence-electron chi connectivity index (χ4n) is 2.70. The molecule has 0 saturated heterocycles. The molecule has 0 amide bonds. The molecule has 1 heterocycles. The van der Waals surface area contributed by atoms with E-state index in [0.717, 1.165) is 13.0 Å². The number of aryl methyl sites for hydroxylation is 1. The van der Waals surface area contributed by atoms with Gasteiger partial charge in [-0.3, -0.25) is 4.98 Å². The molecule has 0 saturated carbocycles. The Labute approximate surface area is 125 Å². The number of likely N-dealkylation sites (N-methyl/N-ethyl adjacent to an activating group) is 1. The summed E-state index contributed by atoms with van der Waals surface area (Å²) in [4.78, 5) is 4.53. The van der Waals surface area contributed by atoms with Crippen molar-refractivity contribution in [2.75, 3.05) is 6.54 Å². The zero-order chi connectivity index (χ0) is 14.6. The standard InChI is InChI=1S/C18H32N2/c1-4-6-7-8-9-10-13-17(19-5-2)15-18-16(3)12-11-14-20-18/h11-12,14,17,19H,4-10,13,15H2,1-3H3. The van der Waals surface area contributed by atoms with Gasteiger partial charge in [0, 0.05) is 24.4 Å². The highest BCUT2D eigenvalue weighted by Gasteiger charge is 2.10. The zero-order valence-corrected chi connectivity index (χ0v) is 13.6. The smallest absolute Gasteiger partial charge is 0.0448 e. The topological polar surface area (TPSA) is 24.9 Å². The summed E-state index contributed by atoms with van der Waals surface area (Å²) in [5.74, 6) is 0. The lowest BCUT2D eigenvalue weighted by molar-refractivity contribution is 0.456. The van der Waals surface area contributed by atoms with Gasteiger partial charge in [-0.15, -0.1) is 0 Å². The van der Waals surface area contributed by atoms with Crippen LogP contribution in [0, 0.1) is 6.92 Å². The van der Waals surface area contributed by atoms with E-state index in [1.54, 1.807) is 0 Å². The third-order valence-corrected chi connectivity index (χ3v) is 3.96. The molecule has 0 aromatic carbocycles. The quantitative estimate of drug-likeness (QED) is 0.595. The summed E-state index contributed by atoms with van der Waals surface area (Å²) in [6, 6.07) is 4.77. The van der Waals surface area contributed by atoms with Crippen LogP contribution in [0.3, 0.4) is 0 Å². The fraction of sp³-hybridized carbons (Fsp3) is 0.722. The summed E-state index contributed by atoms with van der Waals surface area (Å²) in [5.41, 5.74) is 2.57. The molecule has 1 aromatic rings. The van der Waals surface area contributed by atoms with E-state index in [-0.39, 0.29) is 0 Å². The molecular weight excluding hydrogens is 244 g/mol. The molecule has 1 rings (SSSR count). The van der Waals surface area contributed by atoms with Gasteiger partial charge in [-0.05, 0) is 31.5 Å². The molecule has 1 aromatic heterocycles. The van der Waals surface area contributed by atoms with Crippen molar-refractivity contribution in [3.63, 3.8) is 0 Å². The summed E-state index contributed by atoms with van der Waals surface area (Å²) in [6.07, 6.45) is 12.5.